The Kier molecular flexibility index (Phi) is 13.6. The number of halogens is 2. The van der Waals surface area contributed by atoms with Crippen LogP contribution in [0.5, 0.6) is 0 Å². The van der Waals surface area contributed by atoms with Crippen molar-refractivity contribution in [3.05, 3.63) is 10.6 Å². The first-order valence-corrected chi connectivity index (χ1v) is 19.9. The van der Waals surface area contributed by atoms with Crippen LogP contribution >= 0.6 is 18.6 Å². The average molecular weight is 560 g/mol. The third-order valence-electron chi connectivity index (χ3n) is 10.5. The van der Waals surface area contributed by atoms with E-state index in [1.54, 1.807) is 0 Å². The third kappa shape index (κ3) is 9.42. The Morgan fingerprint density at radius 2 is 0.743 bits per heavy atom. The predicted molar refractivity (Wildman–Crippen MR) is 149 cm³/mol. The molecule has 0 aromatic rings. The van der Waals surface area contributed by atoms with Gasteiger partial charge in [-0.05, 0) is 23.7 Å². The van der Waals surface area contributed by atoms with E-state index in [4.69, 9.17) is 29.2 Å². The second-order valence-electron chi connectivity index (χ2n) is 12.7. The Labute approximate surface area is 234 Å². The summed E-state index contributed by atoms with van der Waals surface area (Å²) in [6, 6.07) is 2.46. The van der Waals surface area contributed by atoms with Gasteiger partial charge in [-0.25, -0.2) is 0 Å². The van der Waals surface area contributed by atoms with Gasteiger partial charge in [-0.15, -0.1) is 12.1 Å². The molecule has 0 N–H and O–H groups in total. The molecule has 2 nitrogen and oxygen atoms in total. The Morgan fingerprint density at radius 1 is 0.400 bits per heavy atom. The first kappa shape index (κ1) is 29.2. The number of hydrogen-bond donors (Lipinski definition) is 0. The number of rotatable bonds is 6. The minimum absolute atomic E-state index is 0.556. The molecule has 6 unspecified atom stereocenters. The van der Waals surface area contributed by atoms with E-state index in [-0.39, 0.29) is 0 Å². The van der Waals surface area contributed by atoms with E-state index in [9.17, 15) is 0 Å². The van der Waals surface area contributed by atoms with E-state index in [1.165, 1.54) is 141 Å². The van der Waals surface area contributed by atoms with Crippen LogP contribution in [0.15, 0.2) is 0 Å². The first-order valence-electron chi connectivity index (χ1n) is 15.6. The summed E-state index contributed by atoms with van der Waals surface area (Å²) >= 11 is -0.556. The topological polar surface area (TPSA) is 28.2 Å². The molecule has 5 saturated carbocycles. The molecule has 0 bridgehead atoms. The molecule has 5 rings (SSSR count). The first-order chi connectivity index (χ1) is 17.3. The van der Waals surface area contributed by atoms with Gasteiger partial charge in [-0.3, -0.25) is 0 Å². The van der Waals surface area contributed by atoms with Crippen LogP contribution in [0.25, 0.3) is 10.6 Å². The molecule has 0 amide bonds. The zero-order chi connectivity index (χ0) is 24.3. The molecule has 35 heavy (non-hydrogen) atoms. The van der Waals surface area contributed by atoms with Crippen LogP contribution in [0.3, 0.4) is 0 Å². The summed E-state index contributed by atoms with van der Waals surface area (Å²) in [6.45, 7) is 0. The summed E-state index contributed by atoms with van der Waals surface area (Å²) < 4.78 is 0. The van der Waals surface area contributed by atoms with Gasteiger partial charge in [0.2, 0.25) is 0 Å². The van der Waals surface area contributed by atoms with Gasteiger partial charge in [0.25, 0.3) is 0 Å². The zero-order valence-electron chi connectivity index (χ0n) is 22.3. The van der Waals surface area contributed by atoms with Gasteiger partial charge >= 0.3 is 35.6 Å². The summed E-state index contributed by atoms with van der Waals surface area (Å²) in [6.07, 6.45) is 32.0. The molecule has 5 heteroatoms. The molecule has 0 aromatic carbocycles. The Hall–Kier alpha value is 1.21. The molecule has 0 aromatic heterocycles. The van der Waals surface area contributed by atoms with E-state index in [0.717, 1.165) is 23.7 Å². The zero-order valence-corrected chi connectivity index (χ0v) is 25.4. The molecular weight excluding hydrogens is 507 g/mol. The summed E-state index contributed by atoms with van der Waals surface area (Å²) in [5.41, 5.74) is 0. The fourth-order valence-electron chi connectivity index (χ4n) is 8.72. The van der Waals surface area contributed by atoms with Crippen LogP contribution in [-0.4, -0.2) is 24.2 Å². The van der Waals surface area contributed by atoms with Gasteiger partial charge in [0.1, 0.15) is 0 Å². The fraction of sp³-hybridized carbons (Fsp3) is 1.00. The summed E-state index contributed by atoms with van der Waals surface area (Å²) in [4.78, 5) is 0. The van der Waals surface area contributed by atoms with Crippen molar-refractivity contribution in [2.45, 2.75) is 165 Å². The van der Waals surface area contributed by atoms with Gasteiger partial charge in [0.15, 0.2) is 0 Å². The number of hydrogen-bond acceptors (Lipinski definition) is 0. The van der Waals surface area contributed by atoms with E-state index in [0.29, 0.717) is 24.2 Å². The van der Waals surface area contributed by atoms with Crippen molar-refractivity contribution in [2.24, 2.45) is 23.7 Å². The van der Waals surface area contributed by atoms with Crippen LogP contribution in [0, 0.1) is 23.7 Å². The predicted octanol–water partition coefficient (Wildman–Crippen LogP) is 10.7. The third-order valence-corrected chi connectivity index (χ3v) is 10.5. The Balaban J connectivity index is 0.000000917. The molecule has 0 saturated heterocycles. The van der Waals surface area contributed by atoms with Crippen LogP contribution in [-0.2, 0) is 17.0 Å². The molecule has 6 atom stereocenters. The van der Waals surface area contributed by atoms with Crippen molar-refractivity contribution in [3.63, 3.8) is 0 Å². The van der Waals surface area contributed by atoms with E-state index in [2.05, 4.69) is 0 Å². The van der Waals surface area contributed by atoms with Crippen molar-refractivity contribution >= 4 is 18.6 Å². The molecule has 5 aliphatic carbocycles. The van der Waals surface area contributed by atoms with Crippen LogP contribution < -0.4 is 0 Å². The SMILES string of the molecule is C1CCC(C2CCCC([N-]C3CCCCC3[N-]C3CCCC(C4CCCCC4)C3)C2)CC1.[Cl][Ti][Cl]. The number of nitrogens with zero attached hydrogens (tertiary/aromatic N) is 2. The summed E-state index contributed by atoms with van der Waals surface area (Å²) in [5.74, 6) is 4.05. The van der Waals surface area contributed by atoms with Crippen molar-refractivity contribution in [1.29, 1.82) is 0 Å². The van der Waals surface area contributed by atoms with Gasteiger partial charge < -0.3 is 10.6 Å². The molecule has 0 spiro atoms. The normalized spacial score (nSPS) is 37.8. The van der Waals surface area contributed by atoms with Gasteiger partial charge in [0.05, 0.1) is 0 Å². The van der Waals surface area contributed by atoms with Gasteiger partial charge in [-0.2, -0.15) is 12.1 Å². The summed E-state index contributed by atoms with van der Waals surface area (Å²) in [7, 11) is 9.78. The van der Waals surface area contributed by atoms with Crippen molar-refractivity contribution in [2.75, 3.05) is 0 Å². The second kappa shape index (κ2) is 16.3. The van der Waals surface area contributed by atoms with Crippen LogP contribution in [0.4, 0.5) is 0 Å². The Morgan fingerprint density at radius 3 is 1.14 bits per heavy atom. The van der Waals surface area contributed by atoms with E-state index in [1.807, 2.05) is 0 Å². The van der Waals surface area contributed by atoms with Gasteiger partial charge in [-0.1, -0.05) is 141 Å². The monoisotopic (exact) mass is 558 g/mol. The molecule has 202 valence electrons. The van der Waals surface area contributed by atoms with E-state index < -0.39 is 17.0 Å². The fourth-order valence-corrected chi connectivity index (χ4v) is 8.72. The van der Waals surface area contributed by atoms with Crippen molar-refractivity contribution in [3.8, 4) is 0 Å². The molecule has 0 aliphatic heterocycles. The second-order valence-corrected chi connectivity index (χ2v) is 15.3. The van der Waals surface area contributed by atoms with Crippen LogP contribution in [0.1, 0.15) is 141 Å². The summed E-state index contributed by atoms with van der Waals surface area (Å²) in [5, 5.41) is 11.2. The maximum absolute atomic E-state index is 5.60. The Bertz CT molecular complexity index is 519. The standard InChI is InChI=1S/C30H52N2.2ClH.Ti/c1-3-11-23(12-4-1)25-15-9-17-27(21-25)31-29-19-7-8-20-30(29)32-28-18-10-16-26(22-28)24-13-5-2-6-14-24;;;/h23-30H,1-22H2;2*1H;/q-2;;;+2/p-2. The molecule has 5 fully saturated rings. The molecule has 0 heterocycles. The molecule has 0 radical (unpaired) electrons. The van der Waals surface area contributed by atoms with Gasteiger partial charge in [0, 0.05) is 0 Å². The van der Waals surface area contributed by atoms with E-state index >= 15 is 0 Å². The quantitative estimate of drug-likeness (QED) is 0.290. The maximum atomic E-state index is 5.60. The van der Waals surface area contributed by atoms with Crippen molar-refractivity contribution in [1.82, 2.24) is 0 Å². The minimum atomic E-state index is -0.556. The average Bonchev–Trinajstić information content (AvgIpc) is 2.92. The van der Waals surface area contributed by atoms with Crippen LogP contribution in [0.2, 0.25) is 0 Å². The molecular formula is C30H52Cl2N2Ti-2. The molecule has 5 aliphatic rings. The van der Waals surface area contributed by atoms with Crippen molar-refractivity contribution < 1.29 is 17.0 Å².